The van der Waals surface area contributed by atoms with Gasteiger partial charge >= 0.3 is 0 Å². The average Bonchev–Trinajstić information content (AvgIpc) is 2.00. The molecule has 2 heteroatoms. The van der Waals surface area contributed by atoms with Crippen LogP contribution >= 0.6 is 0 Å². The molecular formula is C10H19NO. The lowest BCUT2D eigenvalue weighted by molar-refractivity contribution is -0.123. The number of nitrogens with zero attached hydrogens (tertiary/aromatic N) is 1. The van der Waals surface area contributed by atoms with Crippen LogP contribution in [0.15, 0.2) is 12.2 Å². The molecule has 12 heavy (non-hydrogen) atoms. The van der Waals surface area contributed by atoms with Gasteiger partial charge in [0.15, 0.2) is 0 Å². The minimum atomic E-state index is 0.0675. The Balaban J connectivity index is 3.81. The van der Waals surface area contributed by atoms with Crippen molar-refractivity contribution < 1.29 is 4.79 Å². The van der Waals surface area contributed by atoms with E-state index in [1.54, 1.807) is 25.1 Å². The third-order valence-electron chi connectivity index (χ3n) is 1.75. The molecule has 0 aromatic carbocycles. The van der Waals surface area contributed by atoms with Gasteiger partial charge in [-0.25, -0.2) is 0 Å². The fraction of sp³-hybridized carbons (Fsp3) is 0.700. The molecule has 0 radical (unpaired) electrons. The van der Waals surface area contributed by atoms with E-state index in [2.05, 4.69) is 13.8 Å². The maximum absolute atomic E-state index is 11.1. The van der Waals surface area contributed by atoms with Crippen LogP contribution in [-0.2, 0) is 4.79 Å². The molecule has 0 aromatic heterocycles. The summed E-state index contributed by atoms with van der Waals surface area (Å²) in [7, 11) is 3.52. The summed E-state index contributed by atoms with van der Waals surface area (Å²) in [5, 5.41) is 0. The van der Waals surface area contributed by atoms with Crippen molar-refractivity contribution in [2.45, 2.75) is 26.7 Å². The fourth-order valence-corrected chi connectivity index (χ4v) is 0.947. The van der Waals surface area contributed by atoms with Crippen LogP contribution in [0, 0.1) is 5.92 Å². The minimum absolute atomic E-state index is 0.0675. The second-order valence-corrected chi connectivity index (χ2v) is 3.36. The number of hydrogen-bond acceptors (Lipinski definition) is 1. The lowest BCUT2D eigenvalue weighted by Gasteiger charge is -2.07. The van der Waals surface area contributed by atoms with Crippen LogP contribution in [0.4, 0.5) is 0 Å². The highest BCUT2D eigenvalue weighted by Gasteiger charge is 1.99. The molecule has 0 fully saturated rings. The number of allylic oxidation sites excluding steroid dienone is 1. The number of amides is 1. The molecule has 0 N–H and O–H groups in total. The first-order valence-corrected chi connectivity index (χ1v) is 4.47. The summed E-state index contributed by atoms with van der Waals surface area (Å²) >= 11 is 0. The number of likely N-dealkylation sites (N-methyl/N-ethyl adjacent to an activating group) is 1. The summed E-state index contributed by atoms with van der Waals surface area (Å²) in [5.74, 6) is 0.580. The van der Waals surface area contributed by atoms with E-state index in [4.69, 9.17) is 0 Å². The van der Waals surface area contributed by atoms with Crippen molar-refractivity contribution in [1.82, 2.24) is 4.90 Å². The molecule has 0 aliphatic heterocycles. The number of carbonyl (C=O) groups excluding carboxylic acids is 1. The third kappa shape index (κ3) is 4.94. The normalized spacial score (nSPS) is 13.3. The second-order valence-electron chi connectivity index (χ2n) is 3.36. The first kappa shape index (κ1) is 11.2. The van der Waals surface area contributed by atoms with Gasteiger partial charge in [0.2, 0.25) is 5.91 Å². The Kier molecular flexibility index (Phi) is 5.43. The molecule has 0 aliphatic carbocycles. The summed E-state index contributed by atoms with van der Waals surface area (Å²) in [4.78, 5) is 12.7. The maximum atomic E-state index is 11.1. The van der Waals surface area contributed by atoms with Crippen molar-refractivity contribution >= 4 is 5.91 Å². The standard InChI is InChI=1S/C10H19NO/c1-5-6-9(2)7-8-10(12)11(3)4/h7-9H,5-6H2,1-4H3/b8-7+. The second kappa shape index (κ2) is 5.81. The van der Waals surface area contributed by atoms with Crippen LogP contribution < -0.4 is 0 Å². The van der Waals surface area contributed by atoms with E-state index in [0.29, 0.717) is 5.92 Å². The highest BCUT2D eigenvalue weighted by atomic mass is 16.2. The summed E-state index contributed by atoms with van der Waals surface area (Å²) in [6.45, 7) is 4.28. The molecule has 2 nitrogen and oxygen atoms in total. The summed E-state index contributed by atoms with van der Waals surface area (Å²) in [6.07, 6.45) is 5.95. The Hall–Kier alpha value is -0.790. The van der Waals surface area contributed by atoms with Gasteiger partial charge < -0.3 is 4.90 Å². The molecule has 0 aliphatic rings. The maximum Gasteiger partial charge on any atom is 0.245 e. The monoisotopic (exact) mass is 169 g/mol. The molecule has 0 saturated carbocycles. The number of rotatable bonds is 4. The summed E-state index contributed by atoms with van der Waals surface area (Å²) in [5.41, 5.74) is 0. The first-order valence-electron chi connectivity index (χ1n) is 4.47. The zero-order valence-corrected chi connectivity index (χ0v) is 8.50. The van der Waals surface area contributed by atoms with E-state index in [1.807, 2.05) is 6.08 Å². The van der Waals surface area contributed by atoms with Crippen molar-refractivity contribution in [3.63, 3.8) is 0 Å². The SMILES string of the molecule is CCCC(C)/C=C/C(=O)N(C)C. The van der Waals surface area contributed by atoms with Gasteiger partial charge in [0.1, 0.15) is 0 Å². The third-order valence-corrected chi connectivity index (χ3v) is 1.75. The van der Waals surface area contributed by atoms with Gasteiger partial charge in [-0.3, -0.25) is 4.79 Å². The fourth-order valence-electron chi connectivity index (χ4n) is 0.947. The Labute approximate surface area is 75.3 Å². The zero-order chi connectivity index (χ0) is 9.56. The molecule has 1 atom stereocenters. The Bertz CT molecular complexity index is 161. The molecule has 0 saturated heterocycles. The van der Waals surface area contributed by atoms with Crippen LogP contribution in [0.5, 0.6) is 0 Å². The predicted octanol–water partition coefficient (Wildman–Crippen LogP) is 2.07. The van der Waals surface area contributed by atoms with E-state index in [-0.39, 0.29) is 5.91 Å². The molecule has 70 valence electrons. The highest BCUT2D eigenvalue weighted by Crippen LogP contribution is 2.05. The van der Waals surface area contributed by atoms with Crippen LogP contribution in [0.1, 0.15) is 26.7 Å². The first-order chi connectivity index (χ1) is 5.57. The smallest absolute Gasteiger partial charge is 0.245 e. The van der Waals surface area contributed by atoms with E-state index in [0.717, 1.165) is 6.42 Å². The van der Waals surface area contributed by atoms with E-state index in [9.17, 15) is 4.79 Å². The quantitative estimate of drug-likeness (QED) is 0.590. The molecule has 0 heterocycles. The summed E-state index contributed by atoms with van der Waals surface area (Å²) in [6, 6.07) is 0. The molecule has 1 amide bonds. The van der Waals surface area contributed by atoms with Crippen LogP contribution in [0.2, 0.25) is 0 Å². The largest absolute Gasteiger partial charge is 0.345 e. The van der Waals surface area contributed by atoms with Crippen LogP contribution in [-0.4, -0.2) is 24.9 Å². The lowest BCUT2D eigenvalue weighted by Crippen LogP contribution is -2.19. The van der Waals surface area contributed by atoms with Crippen molar-refractivity contribution in [2.75, 3.05) is 14.1 Å². The molecular weight excluding hydrogens is 150 g/mol. The number of carbonyl (C=O) groups is 1. The van der Waals surface area contributed by atoms with Gasteiger partial charge in [-0.05, 0) is 18.4 Å². The van der Waals surface area contributed by atoms with Crippen LogP contribution in [0.3, 0.4) is 0 Å². The van der Waals surface area contributed by atoms with Gasteiger partial charge in [0, 0.05) is 14.1 Å². The van der Waals surface area contributed by atoms with Gasteiger partial charge in [0.05, 0.1) is 0 Å². The molecule has 1 unspecified atom stereocenters. The van der Waals surface area contributed by atoms with E-state index >= 15 is 0 Å². The molecule has 0 spiro atoms. The van der Waals surface area contributed by atoms with Gasteiger partial charge in [-0.2, -0.15) is 0 Å². The topological polar surface area (TPSA) is 20.3 Å². The molecule has 0 bridgehead atoms. The van der Waals surface area contributed by atoms with Gasteiger partial charge in [-0.15, -0.1) is 0 Å². The minimum Gasteiger partial charge on any atom is -0.345 e. The van der Waals surface area contributed by atoms with Crippen molar-refractivity contribution in [1.29, 1.82) is 0 Å². The molecule has 0 aromatic rings. The number of hydrogen-bond donors (Lipinski definition) is 0. The van der Waals surface area contributed by atoms with Gasteiger partial charge in [0.25, 0.3) is 0 Å². The highest BCUT2D eigenvalue weighted by molar-refractivity contribution is 5.87. The van der Waals surface area contributed by atoms with Crippen molar-refractivity contribution in [3.05, 3.63) is 12.2 Å². The average molecular weight is 169 g/mol. The van der Waals surface area contributed by atoms with Crippen molar-refractivity contribution in [2.24, 2.45) is 5.92 Å². The Morgan fingerprint density at radius 3 is 2.50 bits per heavy atom. The van der Waals surface area contributed by atoms with E-state index < -0.39 is 0 Å². The molecule has 0 rings (SSSR count). The Morgan fingerprint density at radius 2 is 2.08 bits per heavy atom. The Morgan fingerprint density at radius 1 is 1.50 bits per heavy atom. The van der Waals surface area contributed by atoms with Gasteiger partial charge in [-0.1, -0.05) is 26.3 Å². The summed E-state index contributed by atoms with van der Waals surface area (Å²) < 4.78 is 0. The zero-order valence-electron chi connectivity index (χ0n) is 8.50. The van der Waals surface area contributed by atoms with E-state index in [1.165, 1.54) is 6.42 Å². The lowest BCUT2D eigenvalue weighted by atomic mass is 10.1. The van der Waals surface area contributed by atoms with Crippen LogP contribution in [0.25, 0.3) is 0 Å². The van der Waals surface area contributed by atoms with Crippen molar-refractivity contribution in [3.8, 4) is 0 Å². The predicted molar refractivity (Wildman–Crippen MR) is 51.9 cm³/mol.